The lowest BCUT2D eigenvalue weighted by molar-refractivity contribution is 0.0634. The molecule has 0 atom stereocenters. The maximum atomic E-state index is 13.1. The van der Waals surface area contributed by atoms with Gasteiger partial charge < -0.3 is 23.6 Å². The number of aromatic nitrogens is 2. The number of benzene rings is 2. The third kappa shape index (κ3) is 5.74. The summed E-state index contributed by atoms with van der Waals surface area (Å²) < 4.78 is 21.6. The van der Waals surface area contributed by atoms with Crippen LogP contribution in [0, 0.1) is 6.92 Å². The van der Waals surface area contributed by atoms with Crippen LogP contribution in [-0.2, 0) is 6.42 Å². The molecule has 0 saturated carbocycles. The maximum Gasteiger partial charge on any atom is 0.254 e. The summed E-state index contributed by atoms with van der Waals surface area (Å²) in [5.41, 5.74) is 2.68. The highest BCUT2D eigenvalue weighted by Crippen LogP contribution is 2.38. The summed E-state index contributed by atoms with van der Waals surface area (Å²) in [5, 5.41) is 4.11. The Bertz CT molecular complexity index is 1110. The topological polar surface area (TPSA) is 90.2 Å². The molecule has 0 radical (unpaired) electrons. The molecule has 2 aromatic carbocycles. The van der Waals surface area contributed by atoms with Crippen molar-refractivity contribution in [3.8, 4) is 28.6 Å². The molecular formula is C26H32N4O5. The van der Waals surface area contributed by atoms with Gasteiger partial charge in [0.1, 0.15) is 0 Å². The lowest BCUT2D eigenvalue weighted by atomic mass is 10.1. The van der Waals surface area contributed by atoms with Gasteiger partial charge in [-0.05, 0) is 32.0 Å². The summed E-state index contributed by atoms with van der Waals surface area (Å²) in [4.78, 5) is 21.9. The number of methoxy groups -OCH3 is 3. The molecule has 4 rings (SSSR count). The van der Waals surface area contributed by atoms with E-state index < -0.39 is 0 Å². The van der Waals surface area contributed by atoms with Crippen molar-refractivity contribution in [3.63, 3.8) is 0 Å². The van der Waals surface area contributed by atoms with Crippen molar-refractivity contribution in [3.05, 3.63) is 53.4 Å². The average Bonchev–Trinajstić information content (AvgIpc) is 3.37. The zero-order chi connectivity index (χ0) is 24.8. The highest BCUT2D eigenvalue weighted by molar-refractivity contribution is 5.95. The number of carbonyl (C=O) groups excluding carboxylic acids is 1. The smallest absolute Gasteiger partial charge is 0.254 e. The monoisotopic (exact) mass is 480 g/mol. The lowest BCUT2D eigenvalue weighted by Crippen LogP contribution is -2.48. The molecule has 35 heavy (non-hydrogen) atoms. The van der Waals surface area contributed by atoms with Crippen molar-refractivity contribution < 1.29 is 23.5 Å². The number of hydrogen-bond donors (Lipinski definition) is 0. The van der Waals surface area contributed by atoms with Crippen molar-refractivity contribution >= 4 is 5.91 Å². The van der Waals surface area contributed by atoms with Crippen LogP contribution in [0.4, 0.5) is 0 Å². The van der Waals surface area contributed by atoms with Crippen LogP contribution >= 0.6 is 0 Å². The first-order valence-corrected chi connectivity index (χ1v) is 11.7. The lowest BCUT2D eigenvalue weighted by Gasteiger charge is -2.34. The first-order valence-electron chi connectivity index (χ1n) is 11.7. The second-order valence-electron chi connectivity index (χ2n) is 8.53. The van der Waals surface area contributed by atoms with Crippen molar-refractivity contribution in [1.82, 2.24) is 19.9 Å². The number of rotatable bonds is 9. The molecule has 0 aliphatic carbocycles. The summed E-state index contributed by atoms with van der Waals surface area (Å²) in [7, 11) is 4.63. The zero-order valence-electron chi connectivity index (χ0n) is 20.7. The fourth-order valence-electron chi connectivity index (χ4n) is 4.19. The van der Waals surface area contributed by atoms with E-state index in [2.05, 4.69) is 22.0 Å². The normalized spacial score (nSPS) is 14.1. The molecule has 0 bridgehead atoms. The summed E-state index contributed by atoms with van der Waals surface area (Å²) in [5.74, 6) is 2.65. The molecule has 1 fully saturated rings. The molecule has 0 N–H and O–H groups in total. The number of nitrogens with zero attached hydrogens (tertiary/aromatic N) is 4. The molecule has 1 aromatic heterocycles. The highest BCUT2D eigenvalue weighted by Gasteiger charge is 2.24. The second-order valence-corrected chi connectivity index (χ2v) is 8.53. The summed E-state index contributed by atoms with van der Waals surface area (Å²) in [6, 6.07) is 11.5. The Hall–Kier alpha value is -3.59. The molecule has 186 valence electrons. The van der Waals surface area contributed by atoms with Gasteiger partial charge in [0.25, 0.3) is 5.91 Å². The van der Waals surface area contributed by atoms with Crippen molar-refractivity contribution in [2.24, 2.45) is 0 Å². The Balaban J connectivity index is 1.26. The SMILES string of the molecule is COc1cc(C(=O)N2CCN(CCCc3nc(-c4ccc(C)cc4)no3)CC2)cc(OC)c1OC. The van der Waals surface area contributed by atoms with Gasteiger partial charge in [0.2, 0.25) is 17.5 Å². The molecule has 0 spiro atoms. The van der Waals surface area contributed by atoms with E-state index in [0.717, 1.165) is 38.0 Å². The quantitative estimate of drug-likeness (QED) is 0.460. The van der Waals surface area contributed by atoms with E-state index in [-0.39, 0.29) is 5.91 Å². The second kappa shape index (κ2) is 11.2. The first-order chi connectivity index (χ1) is 17.0. The van der Waals surface area contributed by atoms with Gasteiger partial charge >= 0.3 is 0 Å². The summed E-state index contributed by atoms with van der Waals surface area (Å²) >= 11 is 0. The van der Waals surface area contributed by atoms with Crippen LogP contribution in [0.3, 0.4) is 0 Å². The van der Waals surface area contributed by atoms with Gasteiger partial charge in [0.05, 0.1) is 21.3 Å². The van der Waals surface area contributed by atoms with E-state index in [1.807, 2.05) is 29.2 Å². The molecule has 3 aromatic rings. The molecule has 9 heteroatoms. The third-order valence-corrected chi connectivity index (χ3v) is 6.21. The van der Waals surface area contributed by atoms with E-state index in [9.17, 15) is 4.79 Å². The van der Waals surface area contributed by atoms with E-state index in [1.54, 1.807) is 33.5 Å². The Morgan fingerprint density at radius 3 is 2.23 bits per heavy atom. The Morgan fingerprint density at radius 1 is 0.971 bits per heavy atom. The van der Waals surface area contributed by atoms with E-state index >= 15 is 0 Å². The summed E-state index contributed by atoms with van der Waals surface area (Å²) in [6.07, 6.45) is 1.64. The van der Waals surface area contributed by atoms with Gasteiger partial charge in [-0.1, -0.05) is 35.0 Å². The molecule has 1 saturated heterocycles. The summed E-state index contributed by atoms with van der Waals surface area (Å²) in [6.45, 7) is 5.91. The number of carbonyl (C=O) groups is 1. The number of amides is 1. The van der Waals surface area contributed by atoms with Gasteiger partial charge in [-0.3, -0.25) is 9.69 Å². The van der Waals surface area contributed by atoms with E-state index in [4.69, 9.17) is 18.7 Å². The molecule has 1 aliphatic rings. The number of ether oxygens (including phenoxy) is 3. The average molecular weight is 481 g/mol. The highest BCUT2D eigenvalue weighted by atomic mass is 16.5. The standard InChI is InChI=1S/C26H32N4O5/c1-18-7-9-19(10-8-18)25-27-23(35-28-25)6-5-11-29-12-14-30(15-13-29)26(31)20-16-21(32-2)24(34-4)22(17-20)33-3/h7-10,16-17H,5-6,11-15H2,1-4H3. The van der Waals surface area contributed by atoms with Gasteiger partial charge in [-0.2, -0.15) is 4.98 Å². The van der Waals surface area contributed by atoms with Crippen LogP contribution in [0.15, 0.2) is 40.9 Å². The molecule has 9 nitrogen and oxygen atoms in total. The Labute approximate surface area is 205 Å². The Kier molecular flexibility index (Phi) is 7.87. The van der Waals surface area contributed by atoms with Gasteiger partial charge in [0.15, 0.2) is 11.5 Å². The number of aryl methyl sites for hydroxylation is 2. The largest absolute Gasteiger partial charge is 0.493 e. The van der Waals surface area contributed by atoms with Crippen LogP contribution in [0.5, 0.6) is 17.2 Å². The minimum atomic E-state index is -0.0431. The first kappa shape index (κ1) is 24.5. The number of hydrogen-bond acceptors (Lipinski definition) is 8. The van der Waals surface area contributed by atoms with Gasteiger partial charge in [-0.25, -0.2) is 0 Å². The van der Waals surface area contributed by atoms with Gasteiger partial charge in [0, 0.05) is 43.7 Å². The maximum absolute atomic E-state index is 13.1. The van der Waals surface area contributed by atoms with Gasteiger partial charge in [-0.15, -0.1) is 0 Å². The van der Waals surface area contributed by atoms with Crippen molar-refractivity contribution in [1.29, 1.82) is 0 Å². The minimum absolute atomic E-state index is 0.0431. The number of piperazine rings is 1. The van der Waals surface area contributed by atoms with Crippen LogP contribution in [-0.4, -0.2) is 79.9 Å². The zero-order valence-corrected chi connectivity index (χ0v) is 20.7. The molecule has 1 aliphatic heterocycles. The molecule has 0 unspecified atom stereocenters. The fraction of sp³-hybridized carbons (Fsp3) is 0.423. The van der Waals surface area contributed by atoms with Crippen LogP contribution < -0.4 is 14.2 Å². The minimum Gasteiger partial charge on any atom is -0.493 e. The van der Waals surface area contributed by atoms with Crippen LogP contribution in [0.1, 0.15) is 28.2 Å². The van der Waals surface area contributed by atoms with E-state index in [1.165, 1.54) is 5.56 Å². The van der Waals surface area contributed by atoms with Crippen molar-refractivity contribution in [2.45, 2.75) is 19.8 Å². The van der Waals surface area contributed by atoms with Crippen LogP contribution in [0.2, 0.25) is 0 Å². The molecule has 2 heterocycles. The third-order valence-electron chi connectivity index (χ3n) is 6.21. The fourth-order valence-corrected chi connectivity index (χ4v) is 4.19. The molecular weight excluding hydrogens is 448 g/mol. The molecule has 1 amide bonds. The Morgan fingerprint density at radius 2 is 1.63 bits per heavy atom. The van der Waals surface area contributed by atoms with Crippen LogP contribution in [0.25, 0.3) is 11.4 Å². The predicted molar refractivity (Wildman–Crippen MR) is 131 cm³/mol. The predicted octanol–water partition coefficient (Wildman–Crippen LogP) is 3.46. The van der Waals surface area contributed by atoms with Crippen molar-refractivity contribution in [2.75, 3.05) is 54.1 Å². The van der Waals surface area contributed by atoms with E-state index in [0.29, 0.717) is 47.6 Å².